The number of halogens is 1. The van der Waals surface area contributed by atoms with E-state index in [-0.39, 0.29) is 6.10 Å². The summed E-state index contributed by atoms with van der Waals surface area (Å²) >= 11 is 3.80. The summed E-state index contributed by atoms with van der Waals surface area (Å²) in [7, 11) is 0.806. The molecule has 0 saturated heterocycles. The van der Waals surface area contributed by atoms with E-state index in [1.165, 1.54) is 52.5 Å². The van der Waals surface area contributed by atoms with Crippen LogP contribution in [0, 0.1) is 0 Å². The Kier molecular flexibility index (Phi) is 5.98. The number of fused-ring (bicyclic) bond motifs is 3. The lowest BCUT2D eigenvalue weighted by Gasteiger charge is -2.21. The molecule has 0 amide bonds. The zero-order chi connectivity index (χ0) is 23.7. The maximum atomic E-state index is 9.96. The van der Waals surface area contributed by atoms with Crippen LogP contribution < -0.4 is 0 Å². The van der Waals surface area contributed by atoms with Gasteiger partial charge in [0, 0.05) is 26.3 Å². The highest BCUT2D eigenvalue weighted by Gasteiger charge is 2.19. The summed E-state index contributed by atoms with van der Waals surface area (Å²) in [4.78, 5) is 2.71. The molecule has 4 aromatic rings. The molecule has 6 rings (SSSR count). The summed E-state index contributed by atoms with van der Waals surface area (Å²) in [5.41, 5.74) is 8.07. The number of benzene rings is 2. The van der Waals surface area contributed by atoms with Crippen molar-refractivity contribution in [2.24, 2.45) is 0 Å². The van der Waals surface area contributed by atoms with Crippen LogP contribution in [0.25, 0.3) is 42.4 Å². The van der Waals surface area contributed by atoms with Crippen LogP contribution in [-0.2, 0) is 4.74 Å². The van der Waals surface area contributed by atoms with Gasteiger partial charge in [0.2, 0.25) is 0 Å². The average molecular weight is 476 g/mol. The summed E-state index contributed by atoms with van der Waals surface area (Å²) in [5.74, 6) is 0.599. The number of thiophene rings is 2. The Balaban J connectivity index is 0.000000764. The lowest BCUT2D eigenvalue weighted by atomic mass is 9.87. The molecule has 2 aromatic heterocycles. The molecule has 2 aliphatic rings. The SMILES string of the molecule is COC1CC=Cc2ccc(-c3cc4sc(-c5ccc6c(c5)C(C)CC=C6)cc4s3)cc21.[2H]CF. The molecule has 0 aliphatic heterocycles. The van der Waals surface area contributed by atoms with Gasteiger partial charge < -0.3 is 4.74 Å². The molecule has 2 heterocycles. The zero-order valence-electron chi connectivity index (χ0n) is 19.8. The van der Waals surface area contributed by atoms with E-state index in [1.807, 2.05) is 22.7 Å². The van der Waals surface area contributed by atoms with Crippen molar-refractivity contribution >= 4 is 44.2 Å². The third-order valence-electron chi connectivity index (χ3n) is 6.55. The van der Waals surface area contributed by atoms with Gasteiger partial charge in [-0.15, -0.1) is 22.7 Å². The van der Waals surface area contributed by atoms with Crippen LogP contribution in [0.3, 0.4) is 0 Å². The van der Waals surface area contributed by atoms with E-state index in [1.54, 1.807) is 7.11 Å². The van der Waals surface area contributed by atoms with E-state index in [2.05, 4.69) is 79.8 Å². The predicted octanol–water partition coefficient (Wildman–Crippen LogP) is 9.51. The monoisotopic (exact) mass is 475 g/mol. The second-order valence-electron chi connectivity index (χ2n) is 8.54. The highest BCUT2D eigenvalue weighted by Crippen LogP contribution is 2.44. The molecule has 0 saturated carbocycles. The Bertz CT molecular complexity index is 1350. The van der Waals surface area contributed by atoms with Gasteiger partial charge in [0.15, 0.2) is 0 Å². The van der Waals surface area contributed by atoms with Gasteiger partial charge in [-0.25, -0.2) is 0 Å². The molecule has 2 atom stereocenters. The Labute approximate surface area is 204 Å². The molecule has 33 heavy (non-hydrogen) atoms. The first-order valence-electron chi connectivity index (χ1n) is 11.8. The third kappa shape index (κ3) is 4.12. The van der Waals surface area contributed by atoms with E-state index in [9.17, 15) is 4.39 Å². The van der Waals surface area contributed by atoms with Crippen LogP contribution in [0.2, 0.25) is 0 Å². The minimum Gasteiger partial charge on any atom is -0.376 e. The predicted molar refractivity (Wildman–Crippen MR) is 143 cm³/mol. The third-order valence-corrected chi connectivity index (χ3v) is 8.94. The molecule has 2 aliphatic carbocycles. The minimum atomic E-state index is -1.00. The van der Waals surface area contributed by atoms with Crippen molar-refractivity contribution in [1.82, 2.24) is 0 Å². The first-order valence-corrected chi connectivity index (χ1v) is 12.8. The van der Waals surface area contributed by atoms with Crippen molar-refractivity contribution in [3.63, 3.8) is 0 Å². The Hall–Kier alpha value is -2.53. The molecule has 0 bridgehead atoms. The molecule has 2 aromatic carbocycles. The lowest BCUT2D eigenvalue weighted by Crippen LogP contribution is -2.05. The van der Waals surface area contributed by atoms with Crippen LogP contribution in [0.15, 0.2) is 60.7 Å². The maximum absolute atomic E-state index is 9.96. The second-order valence-corrected chi connectivity index (χ2v) is 10.7. The van der Waals surface area contributed by atoms with Gasteiger partial charge in [-0.3, -0.25) is 4.39 Å². The Morgan fingerprint density at radius 3 is 2.00 bits per heavy atom. The van der Waals surface area contributed by atoms with Crippen LogP contribution in [0.4, 0.5) is 4.39 Å². The Morgan fingerprint density at radius 1 is 0.848 bits per heavy atom. The molecule has 0 N–H and O–H groups in total. The first kappa shape index (κ1) is 21.0. The summed E-state index contributed by atoms with van der Waals surface area (Å²) in [6.07, 6.45) is 11.2. The smallest absolute Gasteiger partial charge is 0.0861 e. The number of rotatable bonds is 3. The first-order chi connectivity index (χ1) is 16.6. The van der Waals surface area contributed by atoms with Crippen molar-refractivity contribution in [2.75, 3.05) is 14.3 Å². The van der Waals surface area contributed by atoms with E-state index in [0.29, 0.717) is 5.92 Å². The molecule has 0 fully saturated rings. The van der Waals surface area contributed by atoms with Crippen molar-refractivity contribution in [1.29, 1.82) is 0 Å². The highest BCUT2D eigenvalue weighted by molar-refractivity contribution is 7.31. The number of ether oxygens (including phenoxy) is 1. The Morgan fingerprint density at radius 2 is 1.39 bits per heavy atom. The van der Waals surface area contributed by atoms with Gasteiger partial charge in [-0.2, -0.15) is 0 Å². The maximum Gasteiger partial charge on any atom is 0.0861 e. The van der Waals surface area contributed by atoms with Crippen LogP contribution in [0.1, 0.15) is 55.4 Å². The standard InChI is InChI=1S/C28H24OS2.CH3F/c1-17-5-3-6-18-9-11-20(13-22(17)18)25-15-27-28(30-25)16-26(31-27)21-12-10-19-7-4-8-24(29-2)23(19)14-21;1-2/h3-4,6-7,9-17,24H,5,8H2,1-2H3;1H3/i;1D. The second kappa shape index (κ2) is 9.38. The summed E-state index contributed by atoms with van der Waals surface area (Å²) in [5, 5.41) is 0. The van der Waals surface area contributed by atoms with Crippen LogP contribution in [-0.4, -0.2) is 14.3 Å². The fourth-order valence-electron chi connectivity index (χ4n) is 4.78. The minimum absolute atomic E-state index is 0.161. The number of alkyl halides is 1. The van der Waals surface area contributed by atoms with Gasteiger partial charge in [-0.05, 0) is 76.4 Å². The summed E-state index contributed by atoms with van der Waals surface area (Å²) < 4.78 is 24.0. The fourth-order valence-corrected chi connectivity index (χ4v) is 7.17. The molecule has 2 unspecified atom stereocenters. The van der Waals surface area contributed by atoms with Gasteiger partial charge in [0.1, 0.15) is 0 Å². The highest BCUT2D eigenvalue weighted by atomic mass is 32.1. The van der Waals surface area contributed by atoms with Crippen molar-refractivity contribution < 1.29 is 10.5 Å². The number of allylic oxidation sites excluding steroid dienone is 1. The normalized spacial score (nSPS) is 18.9. The zero-order valence-corrected chi connectivity index (χ0v) is 20.4. The number of hydrogen-bond acceptors (Lipinski definition) is 3. The van der Waals surface area contributed by atoms with Crippen LogP contribution in [0.5, 0.6) is 0 Å². The topological polar surface area (TPSA) is 9.23 Å². The fraction of sp³-hybridized carbons (Fsp3) is 0.241. The molecule has 1 nitrogen and oxygen atoms in total. The average Bonchev–Trinajstić information content (AvgIpc) is 3.44. The molecule has 0 spiro atoms. The molecular weight excluding hydrogens is 447 g/mol. The van der Waals surface area contributed by atoms with Gasteiger partial charge in [0.05, 0.1) is 14.6 Å². The van der Waals surface area contributed by atoms with Crippen molar-refractivity contribution in [2.45, 2.75) is 31.8 Å². The molecule has 168 valence electrons. The van der Waals surface area contributed by atoms with E-state index >= 15 is 0 Å². The molecular formula is C29H27FOS2. The van der Waals surface area contributed by atoms with Gasteiger partial charge >= 0.3 is 0 Å². The van der Waals surface area contributed by atoms with Crippen molar-refractivity contribution in [3.8, 4) is 20.9 Å². The largest absolute Gasteiger partial charge is 0.376 e. The van der Waals surface area contributed by atoms with E-state index < -0.39 is 7.15 Å². The quantitative estimate of drug-likeness (QED) is 0.287. The van der Waals surface area contributed by atoms with Gasteiger partial charge in [-0.1, -0.05) is 55.5 Å². The summed E-state index contributed by atoms with van der Waals surface area (Å²) in [6, 6.07) is 18.5. The van der Waals surface area contributed by atoms with Crippen LogP contribution >= 0.6 is 22.7 Å². The molecule has 0 radical (unpaired) electrons. The number of hydrogen-bond donors (Lipinski definition) is 0. The lowest BCUT2D eigenvalue weighted by molar-refractivity contribution is 0.105. The van der Waals surface area contributed by atoms with E-state index in [4.69, 9.17) is 6.11 Å². The van der Waals surface area contributed by atoms with E-state index in [0.717, 1.165) is 12.8 Å². The summed E-state index contributed by atoms with van der Waals surface area (Å²) in [6.45, 7) is 2.33. The van der Waals surface area contributed by atoms with Crippen molar-refractivity contribution in [3.05, 3.63) is 82.9 Å². The molecule has 4 heteroatoms. The number of methoxy groups -OCH3 is 1. The van der Waals surface area contributed by atoms with Gasteiger partial charge in [0.25, 0.3) is 0 Å².